The van der Waals surface area contributed by atoms with Gasteiger partial charge in [0.1, 0.15) is 0 Å². The highest BCUT2D eigenvalue weighted by Gasteiger charge is 2.33. The molecule has 2 N–H and O–H groups in total. The normalized spacial score (nSPS) is 30.4. The van der Waals surface area contributed by atoms with Crippen molar-refractivity contribution in [3.63, 3.8) is 0 Å². The van der Waals surface area contributed by atoms with E-state index in [1.807, 2.05) is 7.11 Å². The molecule has 0 unspecified atom stereocenters. The third kappa shape index (κ3) is 3.93. The van der Waals surface area contributed by atoms with E-state index < -0.39 is 5.97 Å². The van der Waals surface area contributed by atoms with E-state index in [-0.39, 0.29) is 11.5 Å². The Balaban J connectivity index is 1.65. The number of rotatable bonds is 6. The lowest BCUT2D eigenvalue weighted by Crippen LogP contribution is -2.42. The molecule has 0 bridgehead atoms. The topological polar surface area (TPSA) is 58.6 Å². The van der Waals surface area contributed by atoms with Crippen LogP contribution in [-0.2, 0) is 9.53 Å². The molecule has 0 radical (unpaired) electrons. The highest BCUT2D eigenvalue weighted by Crippen LogP contribution is 2.32. The molecule has 0 amide bonds. The summed E-state index contributed by atoms with van der Waals surface area (Å²) in [7, 11) is 1.82. The number of hydrogen-bond donors (Lipinski definition) is 2. The summed E-state index contributed by atoms with van der Waals surface area (Å²) >= 11 is 0. The van der Waals surface area contributed by atoms with Gasteiger partial charge in [-0.3, -0.25) is 4.79 Å². The SMILES string of the molecule is COC1(CNCC2CCC(C(=O)O)CC2)CCCC1. The van der Waals surface area contributed by atoms with Gasteiger partial charge in [-0.2, -0.15) is 0 Å². The highest BCUT2D eigenvalue weighted by molar-refractivity contribution is 5.69. The number of methoxy groups -OCH3 is 1. The Labute approximate surface area is 115 Å². The summed E-state index contributed by atoms with van der Waals surface area (Å²) in [6, 6.07) is 0. The van der Waals surface area contributed by atoms with Gasteiger partial charge >= 0.3 is 5.97 Å². The molecular formula is C15H27NO3. The molecule has 0 atom stereocenters. The van der Waals surface area contributed by atoms with Crippen LogP contribution in [0, 0.1) is 11.8 Å². The standard InChI is InChI=1S/C15H27NO3/c1-19-15(8-2-3-9-15)11-16-10-12-4-6-13(7-5-12)14(17)18/h12-13,16H,2-11H2,1H3,(H,17,18). The third-order valence-electron chi connectivity index (χ3n) is 5.02. The van der Waals surface area contributed by atoms with Crippen LogP contribution in [0.1, 0.15) is 51.4 Å². The van der Waals surface area contributed by atoms with Crippen LogP contribution in [0.25, 0.3) is 0 Å². The monoisotopic (exact) mass is 269 g/mol. The van der Waals surface area contributed by atoms with Crippen molar-refractivity contribution < 1.29 is 14.6 Å². The minimum atomic E-state index is -0.615. The molecular weight excluding hydrogens is 242 g/mol. The molecule has 0 saturated heterocycles. The van der Waals surface area contributed by atoms with Gasteiger partial charge in [-0.25, -0.2) is 0 Å². The number of hydrogen-bond acceptors (Lipinski definition) is 3. The van der Waals surface area contributed by atoms with Gasteiger partial charge in [0.15, 0.2) is 0 Å². The average Bonchev–Trinajstić information content (AvgIpc) is 2.89. The summed E-state index contributed by atoms with van der Waals surface area (Å²) in [6.45, 7) is 1.96. The maximum atomic E-state index is 10.9. The maximum absolute atomic E-state index is 10.9. The van der Waals surface area contributed by atoms with Crippen LogP contribution in [0.4, 0.5) is 0 Å². The van der Waals surface area contributed by atoms with E-state index in [1.165, 1.54) is 25.7 Å². The predicted molar refractivity (Wildman–Crippen MR) is 74.2 cm³/mol. The molecule has 19 heavy (non-hydrogen) atoms. The summed E-state index contributed by atoms with van der Waals surface area (Å²) in [5.74, 6) is -0.0713. The minimum absolute atomic E-state index is 0.0677. The molecule has 0 aliphatic heterocycles. The first kappa shape index (κ1) is 14.8. The van der Waals surface area contributed by atoms with Crippen LogP contribution in [0.2, 0.25) is 0 Å². The van der Waals surface area contributed by atoms with Crippen molar-refractivity contribution in [3.05, 3.63) is 0 Å². The van der Waals surface area contributed by atoms with E-state index in [4.69, 9.17) is 9.84 Å². The molecule has 4 heteroatoms. The van der Waals surface area contributed by atoms with Crippen LogP contribution < -0.4 is 5.32 Å². The number of aliphatic carboxylic acids is 1. The second-order valence-electron chi connectivity index (χ2n) is 6.28. The van der Waals surface area contributed by atoms with E-state index in [0.717, 1.165) is 38.8 Å². The molecule has 2 aliphatic carbocycles. The van der Waals surface area contributed by atoms with Gasteiger partial charge in [-0.15, -0.1) is 0 Å². The van der Waals surface area contributed by atoms with Crippen molar-refractivity contribution in [2.75, 3.05) is 20.2 Å². The van der Waals surface area contributed by atoms with Crippen molar-refractivity contribution >= 4 is 5.97 Å². The van der Waals surface area contributed by atoms with Gasteiger partial charge in [0, 0.05) is 13.7 Å². The largest absolute Gasteiger partial charge is 0.481 e. The van der Waals surface area contributed by atoms with Gasteiger partial charge in [0.25, 0.3) is 0 Å². The fourth-order valence-electron chi connectivity index (χ4n) is 3.59. The lowest BCUT2D eigenvalue weighted by Gasteiger charge is -2.30. The smallest absolute Gasteiger partial charge is 0.306 e. The molecule has 4 nitrogen and oxygen atoms in total. The Morgan fingerprint density at radius 2 is 1.89 bits per heavy atom. The Morgan fingerprint density at radius 3 is 2.42 bits per heavy atom. The van der Waals surface area contributed by atoms with Gasteiger partial charge in [0.2, 0.25) is 0 Å². The summed E-state index contributed by atoms with van der Waals surface area (Å²) in [5.41, 5.74) is 0.0677. The molecule has 2 fully saturated rings. The van der Waals surface area contributed by atoms with E-state index in [1.54, 1.807) is 0 Å². The summed E-state index contributed by atoms with van der Waals surface area (Å²) < 4.78 is 5.70. The van der Waals surface area contributed by atoms with Crippen molar-refractivity contribution in [2.24, 2.45) is 11.8 Å². The molecule has 0 aromatic carbocycles. The zero-order valence-corrected chi connectivity index (χ0v) is 12.0. The first-order valence-electron chi connectivity index (χ1n) is 7.64. The molecule has 0 spiro atoms. The Bertz CT molecular complexity index is 292. The van der Waals surface area contributed by atoms with E-state index in [0.29, 0.717) is 5.92 Å². The second-order valence-corrected chi connectivity index (χ2v) is 6.28. The van der Waals surface area contributed by atoms with Crippen molar-refractivity contribution in [1.82, 2.24) is 5.32 Å². The van der Waals surface area contributed by atoms with Crippen LogP contribution in [-0.4, -0.2) is 36.9 Å². The number of carbonyl (C=O) groups is 1. The van der Waals surface area contributed by atoms with Crippen LogP contribution in [0.5, 0.6) is 0 Å². The van der Waals surface area contributed by atoms with Crippen molar-refractivity contribution in [2.45, 2.75) is 57.0 Å². The maximum Gasteiger partial charge on any atom is 0.306 e. The molecule has 110 valence electrons. The lowest BCUT2D eigenvalue weighted by atomic mass is 9.82. The van der Waals surface area contributed by atoms with Gasteiger partial charge in [-0.1, -0.05) is 12.8 Å². The van der Waals surface area contributed by atoms with Crippen LogP contribution in [0.15, 0.2) is 0 Å². The predicted octanol–water partition coefficient (Wildman–Crippen LogP) is 2.43. The summed E-state index contributed by atoms with van der Waals surface area (Å²) in [6.07, 6.45) is 8.67. The number of carboxylic acid groups (broad SMARTS) is 1. The number of nitrogens with one attached hydrogen (secondary N) is 1. The van der Waals surface area contributed by atoms with Gasteiger partial charge < -0.3 is 15.2 Å². The van der Waals surface area contributed by atoms with Crippen molar-refractivity contribution in [3.8, 4) is 0 Å². The molecule has 2 saturated carbocycles. The lowest BCUT2D eigenvalue weighted by molar-refractivity contribution is -0.143. The zero-order valence-electron chi connectivity index (χ0n) is 12.0. The molecule has 0 aromatic heterocycles. The van der Waals surface area contributed by atoms with Gasteiger partial charge in [0.05, 0.1) is 11.5 Å². The quantitative estimate of drug-likeness (QED) is 0.777. The highest BCUT2D eigenvalue weighted by atomic mass is 16.5. The number of ether oxygens (including phenoxy) is 1. The molecule has 0 aromatic rings. The van der Waals surface area contributed by atoms with Crippen LogP contribution >= 0.6 is 0 Å². The number of carboxylic acids is 1. The van der Waals surface area contributed by atoms with E-state index in [2.05, 4.69) is 5.32 Å². The zero-order chi connectivity index (χ0) is 13.7. The Hall–Kier alpha value is -0.610. The molecule has 0 heterocycles. The first-order chi connectivity index (χ1) is 9.15. The Morgan fingerprint density at radius 1 is 1.26 bits per heavy atom. The fraction of sp³-hybridized carbons (Fsp3) is 0.933. The minimum Gasteiger partial charge on any atom is -0.481 e. The molecule has 2 aliphatic rings. The van der Waals surface area contributed by atoms with E-state index in [9.17, 15) is 4.79 Å². The summed E-state index contributed by atoms with van der Waals surface area (Å²) in [4.78, 5) is 10.9. The molecule has 2 rings (SSSR count). The van der Waals surface area contributed by atoms with Crippen molar-refractivity contribution in [1.29, 1.82) is 0 Å². The fourth-order valence-corrected chi connectivity index (χ4v) is 3.59. The van der Waals surface area contributed by atoms with Gasteiger partial charge in [-0.05, 0) is 51.0 Å². The average molecular weight is 269 g/mol. The third-order valence-corrected chi connectivity index (χ3v) is 5.02. The summed E-state index contributed by atoms with van der Waals surface area (Å²) in [5, 5.41) is 12.5. The first-order valence-corrected chi connectivity index (χ1v) is 7.64. The second kappa shape index (κ2) is 6.71. The van der Waals surface area contributed by atoms with E-state index >= 15 is 0 Å². The van der Waals surface area contributed by atoms with Crippen LogP contribution in [0.3, 0.4) is 0 Å². The Kier molecular flexibility index (Phi) is 5.22.